The average molecular weight is 337 g/mol. The smallest absolute Gasteiger partial charge is 0.295 e. The van der Waals surface area contributed by atoms with Crippen LogP contribution in [0.15, 0.2) is 60.7 Å². The Kier molecular flexibility index (Phi) is 5.96. The third kappa shape index (κ3) is 4.77. The van der Waals surface area contributed by atoms with Crippen LogP contribution in [0.3, 0.4) is 0 Å². The fourth-order valence-electron chi connectivity index (χ4n) is 3.11. The van der Waals surface area contributed by atoms with Gasteiger partial charge in [0.05, 0.1) is 12.7 Å². The first-order valence-corrected chi connectivity index (χ1v) is 8.78. The van der Waals surface area contributed by atoms with Crippen molar-refractivity contribution in [2.75, 3.05) is 19.7 Å². The van der Waals surface area contributed by atoms with E-state index in [-0.39, 0.29) is 6.10 Å². The molecule has 0 radical (unpaired) electrons. The summed E-state index contributed by atoms with van der Waals surface area (Å²) in [6.07, 6.45) is 2.89. The van der Waals surface area contributed by atoms with Gasteiger partial charge in [-0.3, -0.25) is 9.59 Å². The van der Waals surface area contributed by atoms with Crippen molar-refractivity contribution in [1.29, 1.82) is 0 Å². The third-order valence-electron chi connectivity index (χ3n) is 4.49. The van der Waals surface area contributed by atoms with E-state index in [1.165, 1.54) is 5.56 Å². The summed E-state index contributed by atoms with van der Waals surface area (Å²) in [5.74, 6) is -0.868. The molecule has 1 fully saturated rings. The van der Waals surface area contributed by atoms with Crippen molar-refractivity contribution < 1.29 is 14.3 Å². The van der Waals surface area contributed by atoms with Crippen LogP contribution in [0.5, 0.6) is 0 Å². The molecular weight excluding hydrogens is 314 g/mol. The Balaban J connectivity index is 1.50. The number of Topliss-reactive ketones (excluding diaryl/α,β-unsaturated/α-hetero) is 1. The maximum Gasteiger partial charge on any atom is 0.295 e. The minimum absolute atomic E-state index is 0.00462. The van der Waals surface area contributed by atoms with Gasteiger partial charge in [0.15, 0.2) is 0 Å². The second kappa shape index (κ2) is 8.58. The van der Waals surface area contributed by atoms with E-state index in [0.717, 1.165) is 19.3 Å². The summed E-state index contributed by atoms with van der Waals surface area (Å²) in [7, 11) is 0. The van der Waals surface area contributed by atoms with E-state index in [0.29, 0.717) is 25.3 Å². The van der Waals surface area contributed by atoms with Crippen LogP contribution in [-0.4, -0.2) is 42.4 Å². The summed E-state index contributed by atoms with van der Waals surface area (Å²) in [4.78, 5) is 26.4. The topological polar surface area (TPSA) is 46.6 Å². The number of aryl methyl sites for hydroxylation is 1. The Morgan fingerprint density at radius 2 is 1.68 bits per heavy atom. The second-order valence-corrected chi connectivity index (χ2v) is 6.32. The molecule has 0 saturated carbocycles. The van der Waals surface area contributed by atoms with Crippen molar-refractivity contribution in [1.82, 2.24) is 4.90 Å². The van der Waals surface area contributed by atoms with Crippen molar-refractivity contribution in [2.45, 2.75) is 25.4 Å². The van der Waals surface area contributed by atoms with Crippen LogP contribution in [0.4, 0.5) is 0 Å². The first-order valence-electron chi connectivity index (χ1n) is 8.78. The maximum absolute atomic E-state index is 12.5. The van der Waals surface area contributed by atoms with E-state index in [1.54, 1.807) is 29.2 Å². The molecule has 1 saturated heterocycles. The summed E-state index contributed by atoms with van der Waals surface area (Å²) in [6.45, 7) is 1.46. The zero-order chi connectivity index (χ0) is 17.5. The average Bonchev–Trinajstić information content (AvgIpc) is 2.68. The lowest BCUT2D eigenvalue weighted by atomic mass is 10.0. The number of amides is 1. The van der Waals surface area contributed by atoms with Gasteiger partial charge in [-0.25, -0.2) is 0 Å². The van der Waals surface area contributed by atoms with Gasteiger partial charge in [-0.1, -0.05) is 60.7 Å². The highest BCUT2D eigenvalue weighted by molar-refractivity contribution is 6.42. The molecule has 0 bridgehead atoms. The molecule has 2 aromatic carbocycles. The van der Waals surface area contributed by atoms with Gasteiger partial charge in [0.25, 0.3) is 5.91 Å². The van der Waals surface area contributed by atoms with E-state index >= 15 is 0 Å². The molecule has 25 heavy (non-hydrogen) atoms. The van der Waals surface area contributed by atoms with Crippen molar-refractivity contribution in [3.63, 3.8) is 0 Å². The van der Waals surface area contributed by atoms with E-state index in [1.807, 2.05) is 24.3 Å². The van der Waals surface area contributed by atoms with Gasteiger partial charge in [-0.05, 0) is 24.8 Å². The number of ether oxygens (including phenoxy) is 1. The predicted octanol–water partition coefficient (Wildman–Crippen LogP) is 3.12. The van der Waals surface area contributed by atoms with Crippen LogP contribution < -0.4 is 0 Å². The lowest BCUT2D eigenvalue weighted by Gasteiger charge is -2.32. The largest absolute Gasteiger partial charge is 0.375 e. The summed E-state index contributed by atoms with van der Waals surface area (Å²) in [5.41, 5.74) is 1.75. The molecule has 0 spiro atoms. The van der Waals surface area contributed by atoms with E-state index in [4.69, 9.17) is 4.74 Å². The Morgan fingerprint density at radius 1 is 1.00 bits per heavy atom. The second-order valence-electron chi connectivity index (χ2n) is 6.32. The monoisotopic (exact) mass is 337 g/mol. The van der Waals surface area contributed by atoms with Gasteiger partial charge in [-0.2, -0.15) is 0 Å². The molecule has 1 heterocycles. The highest BCUT2D eigenvalue weighted by Gasteiger charge is 2.28. The molecule has 1 aliphatic heterocycles. The van der Waals surface area contributed by atoms with E-state index < -0.39 is 11.7 Å². The number of hydrogen-bond acceptors (Lipinski definition) is 3. The molecule has 1 amide bonds. The molecular formula is C21H23NO3. The third-order valence-corrected chi connectivity index (χ3v) is 4.49. The Morgan fingerprint density at radius 3 is 2.40 bits per heavy atom. The van der Waals surface area contributed by atoms with Crippen LogP contribution in [-0.2, 0) is 16.0 Å². The number of nitrogens with zero attached hydrogens (tertiary/aromatic N) is 1. The highest BCUT2D eigenvalue weighted by Crippen LogP contribution is 2.14. The fourth-order valence-corrected chi connectivity index (χ4v) is 3.11. The predicted molar refractivity (Wildman–Crippen MR) is 96.5 cm³/mol. The summed E-state index contributed by atoms with van der Waals surface area (Å²) < 4.78 is 5.78. The number of hydrogen-bond donors (Lipinski definition) is 0. The molecule has 4 heteroatoms. The number of morpholine rings is 1. The van der Waals surface area contributed by atoms with Crippen LogP contribution >= 0.6 is 0 Å². The molecule has 0 aliphatic carbocycles. The Bertz CT molecular complexity index is 700. The summed E-state index contributed by atoms with van der Waals surface area (Å²) in [6, 6.07) is 19.1. The number of carbonyl (C=O) groups excluding carboxylic acids is 2. The lowest BCUT2D eigenvalue weighted by molar-refractivity contribution is -0.134. The van der Waals surface area contributed by atoms with Gasteiger partial charge in [0, 0.05) is 18.7 Å². The standard InChI is InChI=1S/C21H23NO3/c23-20(18-11-5-2-6-12-18)21(24)22-14-15-25-19(16-22)13-7-10-17-8-3-1-4-9-17/h1-6,8-9,11-12,19H,7,10,13-16H2/t19-/m0/s1. The Hall–Kier alpha value is -2.46. The molecule has 3 rings (SSSR count). The van der Waals surface area contributed by atoms with E-state index in [2.05, 4.69) is 12.1 Å². The van der Waals surface area contributed by atoms with Gasteiger partial charge in [0.2, 0.25) is 5.78 Å². The number of ketones is 1. The van der Waals surface area contributed by atoms with Gasteiger partial charge in [0.1, 0.15) is 0 Å². The molecule has 4 nitrogen and oxygen atoms in total. The van der Waals surface area contributed by atoms with Gasteiger partial charge < -0.3 is 9.64 Å². The highest BCUT2D eigenvalue weighted by atomic mass is 16.5. The Labute approximate surface area is 148 Å². The van der Waals surface area contributed by atoms with Crippen molar-refractivity contribution in [3.05, 3.63) is 71.8 Å². The van der Waals surface area contributed by atoms with Crippen molar-refractivity contribution in [2.24, 2.45) is 0 Å². The first kappa shape index (κ1) is 17.4. The van der Waals surface area contributed by atoms with E-state index in [9.17, 15) is 9.59 Å². The van der Waals surface area contributed by atoms with Gasteiger partial charge in [-0.15, -0.1) is 0 Å². The van der Waals surface area contributed by atoms with Crippen LogP contribution in [0.2, 0.25) is 0 Å². The number of benzene rings is 2. The molecule has 0 unspecified atom stereocenters. The number of rotatable bonds is 6. The van der Waals surface area contributed by atoms with Crippen molar-refractivity contribution in [3.8, 4) is 0 Å². The zero-order valence-electron chi connectivity index (χ0n) is 14.3. The molecule has 0 aromatic heterocycles. The summed E-state index contributed by atoms with van der Waals surface area (Å²) in [5, 5.41) is 0. The maximum atomic E-state index is 12.5. The first-order chi connectivity index (χ1) is 12.2. The summed E-state index contributed by atoms with van der Waals surface area (Å²) >= 11 is 0. The number of carbonyl (C=O) groups is 2. The minimum Gasteiger partial charge on any atom is -0.375 e. The fraction of sp³-hybridized carbons (Fsp3) is 0.333. The SMILES string of the molecule is O=C(C(=O)N1CCO[C@@H](CCCc2ccccc2)C1)c1ccccc1. The molecule has 0 N–H and O–H groups in total. The van der Waals surface area contributed by atoms with Crippen molar-refractivity contribution >= 4 is 11.7 Å². The van der Waals surface area contributed by atoms with Crippen LogP contribution in [0, 0.1) is 0 Å². The molecule has 130 valence electrons. The van der Waals surface area contributed by atoms with Crippen LogP contribution in [0.25, 0.3) is 0 Å². The van der Waals surface area contributed by atoms with Crippen LogP contribution in [0.1, 0.15) is 28.8 Å². The normalized spacial score (nSPS) is 17.3. The lowest BCUT2D eigenvalue weighted by Crippen LogP contribution is -2.48. The molecule has 2 aromatic rings. The molecule has 1 aliphatic rings. The minimum atomic E-state index is -0.439. The zero-order valence-corrected chi connectivity index (χ0v) is 14.3. The quantitative estimate of drug-likeness (QED) is 0.601. The molecule has 1 atom stereocenters. The van der Waals surface area contributed by atoms with Gasteiger partial charge >= 0.3 is 0 Å².